The summed E-state index contributed by atoms with van der Waals surface area (Å²) in [6, 6.07) is 10.3. The van der Waals surface area contributed by atoms with Crippen molar-refractivity contribution in [2.24, 2.45) is 0 Å². The first-order valence-electron chi connectivity index (χ1n) is 5.75. The van der Waals surface area contributed by atoms with Crippen LogP contribution in [0.5, 0.6) is 5.75 Å². The topological polar surface area (TPSA) is 50.4 Å². The Hall–Kier alpha value is -2.08. The van der Waals surface area contributed by atoms with Gasteiger partial charge in [0.15, 0.2) is 0 Å². The number of hydrogen-bond acceptors (Lipinski definition) is 2. The molecule has 0 aliphatic rings. The second-order valence-electron chi connectivity index (χ2n) is 3.93. The summed E-state index contributed by atoms with van der Waals surface area (Å²) in [5.74, 6) is 0.275. The molecule has 6 heteroatoms. The van der Waals surface area contributed by atoms with Crippen LogP contribution >= 0.6 is 15.9 Å². The lowest BCUT2D eigenvalue weighted by atomic mass is 10.3. The van der Waals surface area contributed by atoms with Crippen LogP contribution in [0.25, 0.3) is 0 Å². The molecule has 0 fully saturated rings. The number of rotatable bonds is 3. The second-order valence-corrected chi connectivity index (χ2v) is 4.79. The van der Waals surface area contributed by atoms with E-state index in [-0.39, 0.29) is 5.82 Å². The highest BCUT2D eigenvalue weighted by Gasteiger charge is 2.07. The van der Waals surface area contributed by atoms with E-state index in [1.165, 1.54) is 24.3 Å². The van der Waals surface area contributed by atoms with Crippen molar-refractivity contribution >= 4 is 33.3 Å². The average Bonchev–Trinajstić information content (AvgIpc) is 2.44. The van der Waals surface area contributed by atoms with Crippen LogP contribution < -0.4 is 15.4 Å². The normalized spacial score (nSPS) is 9.95. The van der Waals surface area contributed by atoms with Gasteiger partial charge in [0.1, 0.15) is 11.6 Å². The summed E-state index contributed by atoms with van der Waals surface area (Å²) in [5, 5.41) is 5.28. The minimum absolute atomic E-state index is 0.355. The number of anilines is 2. The van der Waals surface area contributed by atoms with E-state index in [4.69, 9.17) is 4.74 Å². The maximum Gasteiger partial charge on any atom is 0.323 e. The van der Waals surface area contributed by atoms with E-state index in [1.54, 1.807) is 25.3 Å². The number of amides is 2. The fourth-order valence-electron chi connectivity index (χ4n) is 1.55. The van der Waals surface area contributed by atoms with Crippen LogP contribution in [0.15, 0.2) is 46.9 Å². The van der Waals surface area contributed by atoms with Crippen molar-refractivity contribution in [1.29, 1.82) is 0 Å². The first kappa shape index (κ1) is 14.3. The van der Waals surface area contributed by atoms with Crippen molar-refractivity contribution in [3.05, 3.63) is 52.8 Å². The van der Waals surface area contributed by atoms with Crippen LogP contribution in [0.2, 0.25) is 0 Å². The summed E-state index contributed by atoms with van der Waals surface area (Å²) in [6.07, 6.45) is 0. The summed E-state index contributed by atoms with van der Waals surface area (Å²) in [4.78, 5) is 11.8. The smallest absolute Gasteiger partial charge is 0.323 e. The fraction of sp³-hybridized carbons (Fsp3) is 0.0714. The number of carbonyl (C=O) groups excluding carboxylic acids is 1. The molecule has 20 heavy (non-hydrogen) atoms. The molecule has 0 bridgehead atoms. The molecule has 0 aromatic heterocycles. The molecule has 104 valence electrons. The summed E-state index contributed by atoms with van der Waals surface area (Å²) >= 11 is 3.34. The van der Waals surface area contributed by atoms with Crippen LogP contribution in [0.4, 0.5) is 20.6 Å². The summed E-state index contributed by atoms with van der Waals surface area (Å²) < 4.78 is 18.6. The van der Waals surface area contributed by atoms with Gasteiger partial charge in [0.05, 0.1) is 12.8 Å². The Morgan fingerprint density at radius 2 is 1.85 bits per heavy atom. The van der Waals surface area contributed by atoms with E-state index < -0.39 is 6.03 Å². The SMILES string of the molecule is COc1ccc(Br)c(NC(=O)Nc2ccc(F)cc2)c1. The molecule has 2 aromatic carbocycles. The van der Waals surface area contributed by atoms with Gasteiger partial charge in [0.25, 0.3) is 0 Å². The Morgan fingerprint density at radius 1 is 1.15 bits per heavy atom. The summed E-state index contributed by atoms with van der Waals surface area (Å²) in [6.45, 7) is 0. The molecule has 2 aromatic rings. The predicted molar refractivity (Wildman–Crippen MR) is 79.7 cm³/mol. The Bertz CT molecular complexity index is 617. The Kier molecular flexibility index (Phi) is 4.57. The largest absolute Gasteiger partial charge is 0.497 e. The molecular formula is C14H12BrFN2O2. The van der Waals surface area contributed by atoms with Gasteiger partial charge in [-0.2, -0.15) is 0 Å². The van der Waals surface area contributed by atoms with Gasteiger partial charge in [-0.15, -0.1) is 0 Å². The van der Waals surface area contributed by atoms with Crippen molar-refractivity contribution in [1.82, 2.24) is 0 Å². The zero-order valence-electron chi connectivity index (χ0n) is 10.6. The Morgan fingerprint density at radius 3 is 2.50 bits per heavy atom. The maximum atomic E-state index is 12.8. The molecule has 0 saturated carbocycles. The summed E-state index contributed by atoms with van der Waals surface area (Å²) in [7, 11) is 1.55. The van der Waals surface area contributed by atoms with Gasteiger partial charge in [-0.25, -0.2) is 9.18 Å². The minimum atomic E-state index is -0.425. The summed E-state index contributed by atoms with van der Waals surface area (Å²) in [5.41, 5.74) is 1.08. The highest BCUT2D eigenvalue weighted by Crippen LogP contribution is 2.27. The highest BCUT2D eigenvalue weighted by atomic mass is 79.9. The highest BCUT2D eigenvalue weighted by molar-refractivity contribution is 9.10. The zero-order valence-corrected chi connectivity index (χ0v) is 12.2. The standard InChI is InChI=1S/C14H12BrFN2O2/c1-20-11-6-7-12(15)13(8-11)18-14(19)17-10-4-2-9(16)3-5-10/h2-8H,1H3,(H2,17,18,19). The number of benzene rings is 2. The second kappa shape index (κ2) is 6.38. The van der Waals surface area contributed by atoms with E-state index in [1.807, 2.05) is 0 Å². The molecule has 2 rings (SSSR count). The van der Waals surface area contributed by atoms with Crippen molar-refractivity contribution < 1.29 is 13.9 Å². The number of methoxy groups -OCH3 is 1. The lowest BCUT2D eigenvalue weighted by Crippen LogP contribution is -2.19. The Labute approximate surface area is 124 Å². The van der Waals surface area contributed by atoms with Gasteiger partial charge < -0.3 is 15.4 Å². The number of hydrogen-bond donors (Lipinski definition) is 2. The van der Waals surface area contributed by atoms with Gasteiger partial charge in [-0.1, -0.05) is 0 Å². The first-order chi connectivity index (χ1) is 9.58. The monoisotopic (exact) mass is 338 g/mol. The molecule has 0 atom stereocenters. The average molecular weight is 339 g/mol. The van der Waals surface area contributed by atoms with Gasteiger partial charge in [-0.05, 0) is 52.3 Å². The van der Waals surface area contributed by atoms with Crippen LogP contribution in [-0.4, -0.2) is 13.1 Å². The molecule has 0 heterocycles. The molecule has 0 saturated heterocycles. The molecule has 0 unspecified atom stereocenters. The van der Waals surface area contributed by atoms with E-state index in [2.05, 4.69) is 26.6 Å². The molecule has 2 N–H and O–H groups in total. The number of ether oxygens (including phenoxy) is 1. The van der Waals surface area contributed by atoms with Crippen LogP contribution in [0, 0.1) is 5.82 Å². The van der Waals surface area contributed by atoms with Crippen molar-refractivity contribution in [3.8, 4) is 5.75 Å². The van der Waals surface area contributed by atoms with Crippen LogP contribution in [-0.2, 0) is 0 Å². The van der Waals surface area contributed by atoms with Gasteiger partial charge in [-0.3, -0.25) is 0 Å². The van der Waals surface area contributed by atoms with E-state index in [0.29, 0.717) is 17.1 Å². The quantitative estimate of drug-likeness (QED) is 0.879. The number of halogens is 2. The van der Waals surface area contributed by atoms with Crippen LogP contribution in [0.3, 0.4) is 0 Å². The molecule has 0 spiro atoms. The van der Waals surface area contributed by atoms with E-state index in [9.17, 15) is 9.18 Å². The molecular weight excluding hydrogens is 327 g/mol. The third kappa shape index (κ3) is 3.71. The van der Waals surface area contributed by atoms with Crippen molar-refractivity contribution in [2.45, 2.75) is 0 Å². The predicted octanol–water partition coefficient (Wildman–Crippen LogP) is 4.24. The van der Waals surface area contributed by atoms with Crippen molar-refractivity contribution in [2.75, 3.05) is 17.7 Å². The zero-order chi connectivity index (χ0) is 14.5. The van der Waals surface area contributed by atoms with Gasteiger partial charge >= 0.3 is 6.03 Å². The number of nitrogens with one attached hydrogen (secondary N) is 2. The third-order valence-electron chi connectivity index (χ3n) is 2.52. The minimum Gasteiger partial charge on any atom is -0.497 e. The third-order valence-corrected chi connectivity index (χ3v) is 3.22. The molecule has 0 radical (unpaired) electrons. The van der Waals surface area contributed by atoms with E-state index >= 15 is 0 Å². The lowest BCUT2D eigenvalue weighted by molar-refractivity contribution is 0.262. The molecule has 4 nitrogen and oxygen atoms in total. The van der Waals surface area contributed by atoms with Crippen LogP contribution in [0.1, 0.15) is 0 Å². The molecule has 2 amide bonds. The fourth-order valence-corrected chi connectivity index (χ4v) is 1.89. The van der Waals surface area contributed by atoms with Crippen molar-refractivity contribution in [3.63, 3.8) is 0 Å². The molecule has 0 aliphatic heterocycles. The molecule has 0 aliphatic carbocycles. The van der Waals surface area contributed by atoms with E-state index in [0.717, 1.165) is 4.47 Å². The lowest BCUT2D eigenvalue weighted by Gasteiger charge is -2.10. The van der Waals surface area contributed by atoms with Gasteiger partial charge in [0, 0.05) is 16.2 Å². The maximum absolute atomic E-state index is 12.8. The Balaban J connectivity index is 2.06. The first-order valence-corrected chi connectivity index (χ1v) is 6.55. The number of carbonyl (C=O) groups is 1. The van der Waals surface area contributed by atoms with Gasteiger partial charge in [0.2, 0.25) is 0 Å². The number of urea groups is 1.